The lowest BCUT2D eigenvalue weighted by Gasteiger charge is -2.17. The van der Waals surface area contributed by atoms with Crippen LogP contribution in [0.25, 0.3) is 0 Å². The summed E-state index contributed by atoms with van der Waals surface area (Å²) in [4.78, 5) is 10.5. The van der Waals surface area contributed by atoms with Crippen molar-refractivity contribution in [3.8, 4) is 17.2 Å². The molecule has 0 atom stereocenters. The molecule has 0 saturated heterocycles. The van der Waals surface area contributed by atoms with E-state index >= 15 is 0 Å². The Morgan fingerprint density at radius 3 is 2.24 bits per heavy atom. The van der Waals surface area contributed by atoms with E-state index in [1.807, 2.05) is 0 Å². The van der Waals surface area contributed by atoms with Gasteiger partial charge in [-0.2, -0.15) is 0 Å². The maximum Gasteiger partial charge on any atom is 0.293 e. The van der Waals surface area contributed by atoms with Gasteiger partial charge in [-0.1, -0.05) is 40.0 Å². The first-order valence-electron chi connectivity index (χ1n) is 11.0. The number of aromatic hydroxyl groups is 3. The molecular weight excluding hydrogens is 368 g/mol. The molecule has 1 aromatic carbocycles. The molecule has 1 saturated carbocycles. The fraction of sp³-hybridized carbons (Fsp3) is 0.708. The van der Waals surface area contributed by atoms with Crippen molar-refractivity contribution in [1.29, 1.82) is 0 Å². The van der Waals surface area contributed by atoms with E-state index in [1.54, 1.807) is 6.07 Å². The molecule has 0 aromatic heterocycles. The fourth-order valence-electron chi connectivity index (χ4n) is 3.92. The smallest absolute Gasteiger partial charge is 0.293 e. The Morgan fingerprint density at radius 2 is 1.62 bits per heavy atom. The zero-order chi connectivity index (χ0) is 21.5. The van der Waals surface area contributed by atoms with Gasteiger partial charge in [-0.15, -0.1) is 0 Å². The number of rotatable bonds is 13. The number of ether oxygens (including phenoxy) is 1. The highest BCUT2D eigenvalue weighted by atomic mass is 16.5. The van der Waals surface area contributed by atoms with Crippen molar-refractivity contribution >= 4 is 6.47 Å². The van der Waals surface area contributed by atoms with E-state index in [1.165, 1.54) is 0 Å². The van der Waals surface area contributed by atoms with Crippen LogP contribution in [0.5, 0.6) is 17.2 Å². The summed E-state index contributed by atoms with van der Waals surface area (Å²) < 4.78 is 5.15. The van der Waals surface area contributed by atoms with Crippen LogP contribution in [0.15, 0.2) is 6.07 Å². The third-order valence-corrected chi connectivity index (χ3v) is 5.97. The van der Waals surface area contributed by atoms with Crippen LogP contribution in [0, 0.1) is 5.41 Å². The maximum atomic E-state index is 10.5. The van der Waals surface area contributed by atoms with Gasteiger partial charge in [-0.25, -0.2) is 0 Å². The number of benzene rings is 1. The van der Waals surface area contributed by atoms with Gasteiger partial charge >= 0.3 is 0 Å². The lowest BCUT2D eigenvalue weighted by molar-refractivity contribution is -0.135. The van der Waals surface area contributed by atoms with Gasteiger partial charge in [0, 0.05) is 11.1 Å². The fourth-order valence-corrected chi connectivity index (χ4v) is 3.92. The summed E-state index contributed by atoms with van der Waals surface area (Å²) in [6, 6.07) is 1.59. The highest BCUT2D eigenvalue weighted by Crippen LogP contribution is 2.44. The lowest BCUT2D eigenvalue weighted by atomic mass is 9.89. The zero-order valence-electron chi connectivity index (χ0n) is 18.3. The molecule has 0 spiro atoms. The molecule has 5 heteroatoms. The predicted octanol–water partition coefficient (Wildman–Crippen LogP) is 5.76. The predicted molar refractivity (Wildman–Crippen MR) is 114 cm³/mol. The summed E-state index contributed by atoms with van der Waals surface area (Å²) in [5, 5.41) is 31.1. The Bertz CT molecular complexity index is 671. The van der Waals surface area contributed by atoms with Crippen molar-refractivity contribution in [2.24, 2.45) is 5.41 Å². The minimum absolute atomic E-state index is 0.0717. The van der Waals surface area contributed by atoms with Crippen molar-refractivity contribution in [2.75, 3.05) is 0 Å². The third kappa shape index (κ3) is 7.45. The van der Waals surface area contributed by atoms with Crippen molar-refractivity contribution in [1.82, 2.24) is 0 Å². The summed E-state index contributed by atoms with van der Waals surface area (Å²) in [6.45, 7) is 7.22. The molecule has 0 aliphatic heterocycles. The molecule has 0 bridgehead atoms. The number of phenols is 3. The first-order valence-corrected chi connectivity index (χ1v) is 11.0. The van der Waals surface area contributed by atoms with Crippen LogP contribution in [0.3, 0.4) is 0 Å². The van der Waals surface area contributed by atoms with Crippen molar-refractivity contribution in [2.45, 2.75) is 103 Å². The number of unbranched alkanes of at least 4 members (excludes halogenated alkanes) is 4. The average molecular weight is 407 g/mol. The Labute approximate surface area is 175 Å². The molecule has 2 rings (SSSR count). The lowest BCUT2D eigenvalue weighted by Crippen LogP contribution is -2.12. The molecule has 5 nitrogen and oxygen atoms in total. The van der Waals surface area contributed by atoms with E-state index in [4.69, 9.17) is 4.74 Å². The minimum atomic E-state index is -0.213. The van der Waals surface area contributed by atoms with Crippen LogP contribution in [-0.4, -0.2) is 27.4 Å². The van der Waals surface area contributed by atoms with E-state index in [9.17, 15) is 20.1 Å². The van der Waals surface area contributed by atoms with Crippen LogP contribution >= 0.6 is 0 Å². The van der Waals surface area contributed by atoms with Gasteiger partial charge in [0.2, 0.25) is 0 Å². The third-order valence-electron chi connectivity index (χ3n) is 5.97. The van der Waals surface area contributed by atoms with E-state index in [2.05, 4.69) is 20.8 Å². The second-order valence-corrected chi connectivity index (χ2v) is 9.81. The van der Waals surface area contributed by atoms with Gasteiger partial charge < -0.3 is 20.1 Å². The highest BCUT2D eigenvalue weighted by Gasteiger charge is 2.44. The summed E-state index contributed by atoms with van der Waals surface area (Å²) in [5.74, 6) is -0.204. The average Bonchev–Trinajstić information content (AvgIpc) is 3.40. The molecule has 1 aromatic rings. The Kier molecular flexibility index (Phi) is 8.23. The molecule has 0 radical (unpaired) electrons. The number of phenolic OH excluding ortho intramolecular Hbond substituents is 3. The zero-order valence-corrected chi connectivity index (χ0v) is 18.3. The molecule has 0 unspecified atom stereocenters. The van der Waals surface area contributed by atoms with Crippen molar-refractivity contribution < 1.29 is 24.9 Å². The first kappa shape index (κ1) is 23.4. The largest absolute Gasteiger partial charge is 0.508 e. The second-order valence-electron chi connectivity index (χ2n) is 9.81. The van der Waals surface area contributed by atoms with Gasteiger partial charge in [0.1, 0.15) is 11.4 Å². The second kappa shape index (κ2) is 10.2. The molecule has 0 amide bonds. The SMILES string of the molecule is CC(C)(C)CCCCCc1c(O)cc(CCCCCC2(OC=O)CC2)c(O)c1O. The van der Waals surface area contributed by atoms with Gasteiger partial charge in [0.25, 0.3) is 6.47 Å². The van der Waals surface area contributed by atoms with Crippen LogP contribution in [-0.2, 0) is 22.4 Å². The standard InChI is InChI=1S/C24H38O5/c1-23(2,3)12-8-5-7-11-19-20(26)16-18(21(27)22(19)28)10-6-4-9-13-24(14-15-24)29-17-25/h16-17,26-28H,4-15H2,1-3H3. The maximum absolute atomic E-state index is 10.5. The summed E-state index contributed by atoms with van der Waals surface area (Å²) in [7, 11) is 0. The highest BCUT2D eigenvalue weighted by molar-refractivity contribution is 5.56. The monoisotopic (exact) mass is 406 g/mol. The number of carbonyl (C=O) groups is 1. The number of carbonyl (C=O) groups excluding carboxylic acids is 1. The normalized spacial score (nSPS) is 15.3. The van der Waals surface area contributed by atoms with Gasteiger partial charge in [0.05, 0.1) is 0 Å². The number of hydrogen-bond donors (Lipinski definition) is 3. The quantitative estimate of drug-likeness (QED) is 0.168. The molecule has 3 N–H and O–H groups in total. The van der Waals surface area contributed by atoms with E-state index in [0.29, 0.717) is 35.9 Å². The topological polar surface area (TPSA) is 87.0 Å². The van der Waals surface area contributed by atoms with E-state index in [0.717, 1.165) is 64.2 Å². The van der Waals surface area contributed by atoms with Crippen LogP contribution < -0.4 is 0 Å². The van der Waals surface area contributed by atoms with Crippen LogP contribution in [0.1, 0.15) is 96.1 Å². The Balaban J connectivity index is 1.77. The minimum Gasteiger partial charge on any atom is -0.508 e. The number of aryl methyl sites for hydroxylation is 1. The van der Waals surface area contributed by atoms with E-state index < -0.39 is 0 Å². The Morgan fingerprint density at radius 1 is 0.966 bits per heavy atom. The summed E-state index contributed by atoms with van der Waals surface area (Å²) >= 11 is 0. The van der Waals surface area contributed by atoms with Gasteiger partial charge in [-0.05, 0) is 69.3 Å². The van der Waals surface area contributed by atoms with Gasteiger partial charge in [0.15, 0.2) is 11.5 Å². The summed E-state index contributed by atoms with van der Waals surface area (Å²) in [6.07, 6.45) is 10.9. The Hall–Kier alpha value is -1.91. The molecule has 0 heterocycles. The van der Waals surface area contributed by atoms with Crippen molar-refractivity contribution in [3.05, 3.63) is 17.2 Å². The van der Waals surface area contributed by atoms with Crippen LogP contribution in [0.2, 0.25) is 0 Å². The molecule has 1 fully saturated rings. The first-order chi connectivity index (χ1) is 13.7. The van der Waals surface area contributed by atoms with Crippen LogP contribution in [0.4, 0.5) is 0 Å². The molecular formula is C24H38O5. The van der Waals surface area contributed by atoms with Gasteiger partial charge in [-0.3, -0.25) is 4.79 Å². The van der Waals surface area contributed by atoms with E-state index in [-0.39, 0.29) is 22.8 Å². The molecule has 164 valence electrons. The molecule has 29 heavy (non-hydrogen) atoms. The summed E-state index contributed by atoms with van der Waals surface area (Å²) in [5.41, 5.74) is 1.14. The molecule has 1 aliphatic rings. The molecule has 1 aliphatic carbocycles. The number of hydrogen-bond acceptors (Lipinski definition) is 5. The van der Waals surface area contributed by atoms with Crippen molar-refractivity contribution in [3.63, 3.8) is 0 Å².